The van der Waals surface area contributed by atoms with Gasteiger partial charge in [0.1, 0.15) is 0 Å². The van der Waals surface area contributed by atoms with Crippen LogP contribution in [0, 0.1) is 0 Å². The third kappa shape index (κ3) is 5.49. The molecule has 0 amide bonds. The van der Waals surface area contributed by atoms with Gasteiger partial charge in [-0.1, -0.05) is 63.8 Å². The normalized spacial score (nSPS) is 17.9. The molecule has 1 aliphatic rings. The Kier molecular flexibility index (Phi) is 9.02. The molecule has 0 saturated carbocycles. The van der Waals surface area contributed by atoms with Gasteiger partial charge in [0.25, 0.3) is 0 Å². The van der Waals surface area contributed by atoms with Gasteiger partial charge in [-0.25, -0.2) is 0 Å². The van der Waals surface area contributed by atoms with E-state index in [1.165, 1.54) is 0 Å². The zero-order valence-electron chi connectivity index (χ0n) is 16.8. The van der Waals surface area contributed by atoms with Crippen molar-refractivity contribution in [2.24, 2.45) is 0 Å². The molecule has 0 fully saturated rings. The van der Waals surface area contributed by atoms with E-state index >= 15 is 0 Å². The van der Waals surface area contributed by atoms with E-state index in [-0.39, 0.29) is 24.9 Å². The molecule has 1 heterocycles. The second-order valence-corrected chi connectivity index (χ2v) is 10.1. The predicted octanol–water partition coefficient (Wildman–Crippen LogP) is 6.06. The Morgan fingerprint density at radius 3 is 2.53 bits per heavy atom. The minimum absolute atomic E-state index is 0. The Morgan fingerprint density at radius 1 is 1.10 bits per heavy atom. The molecule has 3 rings (SSSR count). The van der Waals surface area contributed by atoms with Gasteiger partial charge >= 0.3 is 5.97 Å². The van der Waals surface area contributed by atoms with Gasteiger partial charge in [0.15, 0.2) is 0 Å². The highest BCUT2D eigenvalue weighted by Crippen LogP contribution is 2.59. The summed E-state index contributed by atoms with van der Waals surface area (Å²) in [5.41, 5.74) is 2.65. The Hall–Kier alpha value is -1.29. The maximum absolute atomic E-state index is 11.0. The van der Waals surface area contributed by atoms with Crippen molar-refractivity contribution >= 4 is 50.8 Å². The number of rotatable bonds is 8. The molecule has 0 aromatic heterocycles. The quantitative estimate of drug-likeness (QED) is 0.317. The lowest BCUT2D eigenvalue weighted by atomic mass is 9.96. The molecule has 4 N–H and O–H groups in total. The van der Waals surface area contributed by atoms with E-state index in [9.17, 15) is 13.9 Å². The first-order chi connectivity index (χ1) is 13.8. The summed E-state index contributed by atoms with van der Waals surface area (Å²) in [5, 5.41) is 12.3. The number of hydrogen-bond donors (Lipinski definition) is 4. The van der Waals surface area contributed by atoms with Gasteiger partial charge in [0.2, 0.25) is 0 Å². The number of halogens is 2. The summed E-state index contributed by atoms with van der Waals surface area (Å²) in [6.45, 7) is 0.754. The summed E-state index contributed by atoms with van der Waals surface area (Å²) in [4.78, 5) is 11.1. The highest BCUT2D eigenvalue weighted by Gasteiger charge is 2.35. The number of para-hydroxylation sites is 1. The molecule has 0 saturated heterocycles. The average Bonchev–Trinajstić information content (AvgIpc) is 2.75. The number of carboxylic acid groups (broad SMARTS) is 1. The van der Waals surface area contributed by atoms with E-state index in [4.69, 9.17) is 5.11 Å². The van der Waals surface area contributed by atoms with Crippen LogP contribution in [0.3, 0.4) is 0 Å². The maximum Gasteiger partial charge on any atom is 0.303 e. The monoisotopic (exact) mass is 518 g/mol. The van der Waals surface area contributed by atoms with Gasteiger partial charge < -0.3 is 10.4 Å². The number of anilines is 1. The summed E-state index contributed by atoms with van der Waals surface area (Å²) in [7, 11) is -1.46. The minimum Gasteiger partial charge on any atom is -0.481 e. The van der Waals surface area contributed by atoms with Crippen molar-refractivity contribution in [3.05, 3.63) is 58.1 Å². The number of nitrogens with one attached hydrogen (secondary N) is 1. The number of hydrogen-bond acceptors (Lipinski definition) is 5. The van der Waals surface area contributed by atoms with Crippen LogP contribution < -0.4 is 9.62 Å². The summed E-state index contributed by atoms with van der Waals surface area (Å²) >= 11 is 3.45. The van der Waals surface area contributed by atoms with Crippen molar-refractivity contribution in [1.82, 2.24) is 5.32 Å². The molecule has 0 spiro atoms. The molecule has 2 aromatic carbocycles. The van der Waals surface area contributed by atoms with Crippen molar-refractivity contribution in [1.29, 1.82) is 0 Å². The van der Waals surface area contributed by atoms with E-state index in [1.807, 2.05) is 36.4 Å². The lowest BCUT2D eigenvalue weighted by Gasteiger charge is -2.41. The van der Waals surface area contributed by atoms with Crippen LogP contribution in [0.25, 0.3) is 0 Å². The fourth-order valence-corrected chi connectivity index (χ4v) is 5.71. The van der Waals surface area contributed by atoms with Crippen molar-refractivity contribution in [2.75, 3.05) is 17.9 Å². The molecule has 6 nitrogen and oxygen atoms in total. The molecule has 0 aliphatic carbocycles. The molecular weight excluding hydrogens is 492 g/mol. The second-order valence-electron chi connectivity index (χ2n) is 7.20. The number of nitrogens with zero attached hydrogens (tertiary/aromatic N) is 1. The maximum atomic E-state index is 11.0. The molecule has 1 aliphatic heterocycles. The lowest BCUT2D eigenvalue weighted by Crippen LogP contribution is -2.24. The molecule has 9 heteroatoms. The first kappa shape index (κ1) is 25.0. The number of benzene rings is 2. The van der Waals surface area contributed by atoms with Gasteiger partial charge in [-0.05, 0) is 48.7 Å². The van der Waals surface area contributed by atoms with E-state index in [0.29, 0.717) is 11.3 Å². The Morgan fingerprint density at radius 2 is 1.80 bits per heavy atom. The van der Waals surface area contributed by atoms with Crippen LogP contribution in [0.15, 0.2) is 51.8 Å². The zero-order chi connectivity index (χ0) is 21.0. The molecule has 1 unspecified atom stereocenters. The number of carbonyl (C=O) groups is 1. The average molecular weight is 520 g/mol. The SMILES string of the molecule is CN1c2ccccc2C(NCCCCCCC(=O)O)c2ccc(Br)cc2S1(O)O.Cl. The Bertz CT molecular complexity index is 884. The van der Waals surface area contributed by atoms with Crippen LogP contribution in [0.1, 0.15) is 49.3 Å². The first-order valence-corrected chi connectivity index (χ1v) is 12.0. The van der Waals surface area contributed by atoms with E-state index in [1.54, 1.807) is 17.4 Å². The van der Waals surface area contributed by atoms with Gasteiger partial charge in [0.05, 0.1) is 16.6 Å². The summed E-state index contributed by atoms with van der Waals surface area (Å²) < 4.78 is 24.5. The lowest BCUT2D eigenvalue weighted by molar-refractivity contribution is -0.137. The largest absolute Gasteiger partial charge is 0.481 e. The number of aliphatic carboxylic acids is 1. The smallest absolute Gasteiger partial charge is 0.303 e. The Labute approximate surface area is 193 Å². The van der Waals surface area contributed by atoms with Gasteiger partial charge in [-0.15, -0.1) is 12.4 Å². The van der Waals surface area contributed by atoms with Crippen molar-refractivity contribution in [3.63, 3.8) is 0 Å². The minimum atomic E-state index is -3.17. The van der Waals surface area contributed by atoms with Crippen molar-refractivity contribution in [3.8, 4) is 0 Å². The van der Waals surface area contributed by atoms with Crippen molar-refractivity contribution in [2.45, 2.75) is 43.0 Å². The number of fused-ring (bicyclic) bond motifs is 2. The van der Waals surface area contributed by atoms with E-state index in [0.717, 1.165) is 47.1 Å². The summed E-state index contributed by atoms with van der Waals surface area (Å²) in [6.07, 6.45) is 3.69. The molecule has 166 valence electrons. The van der Waals surface area contributed by atoms with Crippen LogP contribution in [0.4, 0.5) is 5.69 Å². The van der Waals surface area contributed by atoms with Crippen LogP contribution in [0.2, 0.25) is 0 Å². The van der Waals surface area contributed by atoms with Crippen LogP contribution in [-0.2, 0) is 4.79 Å². The summed E-state index contributed by atoms with van der Waals surface area (Å²) in [5.74, 6) is -0.746. The fraction of sp³-hybridized carbons (Fsp3) is 0.381. The highest BCUT2D eigenvalue weighted by molar-refractivity contribution is 9.10. The molecular formula is C21H28BrClN2O4S. The van der Waals surface area contributed by atoms with Crippen LogP contribution in [-0.4, -0.2) is 33.8 Å². The standard InChI is InChI=1S/C21H27BrN2O4S.ClH/c1-24-18-9-6-5-8-16(18)21(23-13-7-3-2-4-10-20(25)26)17-12-11-15(22)14-19(17)29(24,27)28;/h5-6,8-9,11-12,14,21,23,27-28H,2-4,7,10,13H2,1H3,(H,25,26);1H. The predicted molar refractivity (Wildman–Crippen MR) is 128 cm³/mol. The van der Waals surface area contributed by atoms with Crippen LogP contribution in [0.5, 0.6) is 0 Å². The van der Waals surface area contributed by atoms with Gasteiger partial charge in [-0.2, -0.15) is 0 Å². The van der Waals surface area contributed by atoms with E-state index < -0.39 is 16.7 Å². The van der Waals surface area contributed by atoms with Gasteiger partial charge in [0, 0.05) is 17.9 Å². The Balaban J connectivity index is 0.00000320. The zero-order valence-corrected chi connectivity index (χ0v) is 20.0. The second kappa shape index (κ2) is 10.8. The van der Waals surface area contributed by atoms with Crippen LogP contribution >= 0.6 is 39.1 Å². The first-order valence-electron chi connectivity index (χ1n) is 9.68. The van der Waals surface area contributed by atoms with E-state index in [2.05, 4.69) is 21.2 Å². The molecule has 1 atom stereocenters. The third-order valence-electron chi connectivity index (χ3n) is 5.22. The molecule has 2 aromatic rings. The summed E-state index contributed by atoms with van der Waals surface area (Å²) in [6, 6.07) is 13.3. The number of carboxylic acids is 1. The third-order valence-corrected chi connectivity index (χ3v) is 7.61. The highest BCUT2D eigenvalue weighted by atomic mass is 79.9. The molecule has 30 heavy (non-hydrogen) atoms. The van der Waals surface area contributed by atoms with Crippen molar-refractivity contribution < 1.29 is 19.0 Å². The topological polar surface area (TPSA) is 93.0 Å². The molecule has 0 radical (unpaired) electrons. The number of unbranched alkanes of at least 4 members (excludes halogenated alkanes) is 3. The fourth-order valence-electron chi connectivity index (χ4n) is 3.68. The molecule has 0 bridgehead atoms. The van der Waals surface area contributed by atoms with Gasteiger partial charge in [-0.3, -0.25) is 18.2 Å².